The Bertz CT molecular complexity index is 1220. The zero-order valence-electron chi connectivity index (χ0n) is 21.2. The number of carboxylic acid groups (broad SMARTS) is 1. The molecule has 2 atom stereocenters. The van der Waals surface area contributed by atoms with E-state index in [0.717, 1.165) is 37.1 Å². The lowest BCUT2D eigenvalue weighted by atomic mass is 9.68. The first-order chi connectivity index (χ1) is 18.4. The maximum Gasteiger partial charge on any atom is 0.490 e. The van der Waals surface area contributed by atoms with E-state index < -0.39 is 17.6 Å². The number of piperidine rings is 1. The SMILES string of the molecule is C[C@@H](CN1CCC2(CC1)C(=O)NC[C@H]2c1ccc(F)cc1)NC(=O)C#Cc1ccccc1.O=C(O)C(F)(F)F. The van der Waals surface area contributed by atoms with E-state index in [1.807, 2.05) is 37.3 Å². The number of amides is 2. The molecular weight excluding hydrogens is 518 g/mol. The first-order valence-electron chi connectivity index (χ1n) is 12.3. The predicted octanol–water partition coefficient (Wildman–Crippen LogP) is 3.31. The van der Waals surface area contributed by atoms with Crippen LogP contribution in [0.3, 0.4) is 0 Å². The second-order valence-electron chi connectivity index (χ2n) is 9.56. The molecule has 2 aromatic rings. The molecule has 7 nitrogen and oxygen atoms in total. The number of carbonyl (C=O) groups excluding carboxylic acids is 2. The van der Waals surface area contributed by atoms with Gasteiger partial charge in [-0.2, -0.15) is 13.2 Å². The lowest BCUT2D eigenvalue weighted by Crippen LogP contribution is -2.49. The van der Waals surface area contributed by atoms with Crippen molar-refractivity contribution in [2.75, 3.05) is 26.2 Å². The molecule has 0 saturated carbocycles. The Kier molecular flexibility index (Phi) is 9.70. The van der Waals surface area contributed by atoms with Crippen molar-refractivity contribution in [2.45, 2.75) is 37.9 Å². The van der Waals surface area contributed by atoms with Crippen LogP contribution >= 0.6 is 0 Å². The number of rotatable bonds is 4. The minimum Gasteiger partial charge on any atom is -0.475 e. The molecule has 2 fully saturated rings. The van der Waals surface area contributed by atoms with E-state index in [0.29, 0.717) is 13.1 Å². The highest BCUT2D eigenvalue weighted by Crippen LogP contribution is 2.47. The molecule has 2 aliphatic rings. The Morgan fingerprint density at radius 3 is 2.28 bits per heavy atom. The molecule has 0 radical (unpaired) electrons. The second-order valence-corrected chi connectivity index (χ2v) is 9.56. The van der Waals surface area contributed by atoms with Crippen LogP contribution in [0.5, 0.6) is 0 Å². The molecule has 2 heterocycles. The van der Waals surface area contributed by atoms with Crippen LogP contribution in [0, 0.1) is 23.1 Å². The van der Waals surface area contributed by atoms with Gasteiger partial charge in [0.1, 0.15) is 5.82 Å². The Labute approximate surface area is 223 Å². The Morgan fingerprint density at radius 1 is 1.13 bits per heavy atom. The monoisotopic (exact) mass is 547 g/mol. The summed E-state index contributed by atoms with van der Waals surface area (Å²) in [6.07, 6.45) is -3.59. The highest BCUT2D eigenvalue weighted by atomic mass is 19.4. The molecule has 39 heavy (non-hydrogen) atoms. The number of hydrogen-bond acceptors (Lipinski definition) is 4. The normalized spacial score (nSPS) is 19.1. The van der Waals surface area contributed by atoms with E-state index in [-0.39, 0.29) is 29.6 Å². The summed E-state index contributed by atoms with van der Waals surface area (Å²) in [4.78, 5) is 36.1. The van der Waals surface area contributed by atoms with Crippen LogP contribution in [0.2, 0.25) is 0 Å². The van der Waals surface area contributed by atoms with Gasteiger partial charge in [-0.3, -0.25) is 9.59 Å². The minimum atomic E-state index is -5.08. The molecule has 2 amide bonds. The number of hydrogen-bond donors (Lipinski definition) is 3. The molecule has 208 valence electrons. The summed E-state index contributed by atoms with van der Waals surface area (Å²) in [5, 5.41) is 13.1. The molecule has 1 spiro atoms. The van der Waals surface area contributed by atoms with E-state index >= 15 is 0 Å². The smallest absolute Gasteiger partial charge is 0.475 e. The quantitative estimate of drug-likeness (QED) is 0.403. The van der Waals surface area contributed by atoms with Gasteiger partial charge < -0.3 is 20.6 Å². The first kappa shape index (κ1) is 29.6. The van der Waals surface area contributed by atoms with Crippen LogP contribution in [-0.4, -0.2) is 66.2 Å². The lowest BCUT2D eigenvalue weighted by molar-refractivity contribution is -0.192. The van der Waals surface area contributed by atoms with Gasteiger partial charge in [-0.05, 0) is 62.7 Å². The van der Waals surface area contributed by atoms with Crippen molar-refractivity contribution in [1.82, 2.24) is 15.5 Å². The molecule has 2 aliphatic heterocycles. The zero-order chi connectivity index (χ0) is 28.6. The summed E-state index contributed by atoms with van der Waals surface area (Å²) >= 11 is 0. The Hall–Kier alpha value is -3.91. The van der Waals surface area contributed by atoms with Crippen molar-refractivity contribution in [3.05, 3.63) is 71.5 Å². The number of nitrogens with zero attached hydrogens (tertiary/aromatic N) is 1. The fraction of sp³-hybridized carbons (Fsp3) is 0.393. The topological polar surface area (TPSA) is 98.7 Å². The van der Waals surface area contributed by atoms with Crippen LogP contribution in [0.25, 0.3) is 0 Å². The van der Waals surface area contributed by atoms with Gasteiger partial charge in [0.05, 0.1) is 5.41 Å². The van der Waals surface area contributed by atoms with Crippen molar-refractivity contribution in [1.29, 1.82) is 0 Å². The molecule has 0 aromatic heterocycles. The molecule has 4 rings (SSSR count). The highest BCUT2D eigenvalue weighted by molar-refractivity contribution is 5.94. The summed E-state index contributed by atoms with van der Waals surface area (Å²) < 4.78 is 45.1. The molecule has 3 N–H and O–H groups in total. The predicted molar refractivity (Wildman–Crippen MR) is 135 cm³/mol. The zero-order valence-corrected chi connectivity index (χ0v) is 21.2. The van der Waals surface area contributed by atoms with Gasteiger partial charge in [0, 0.05) is 36.5 Å². The van der Waals surface area contributed by atoms with Gasteiger partial charge in [0.2, 0.25) is 5.91 Å². The summed E-state index contributed by atoms with van der Waals surface area (Å²) in [6.45, 7) is 4.83. The van der Waals surface area contributed by atoms with Crippen molar-refractivity contribution in [2.24, 2.45) is 5.41 Å². The van der Waals surface area contributed by atoms with Crippen LogP contribution < -0.4 is 10.6 Å². The van der Waals surface area contributed by atoms with Crippen molar-refractivity contribution >= 4 is 17.8 Å². The molecular formula is C28H29F4N3O4. The molecule has 11 heteroatoms. The van der Waals surface area contributed by atoms with Gasteiger partial charge >= 0.3 is 12.1 Å². The van der Waals surface area contributed by atoms with Crippen LogP contribution in [-0.2, 0) is 14.4 Å². The van der Waals surface area contributed by atoms with E-state index in [1.165, 1.54) is 12.1 Å². The van der Waals surface area contributed by atoms with Gasteiger partial charge in [0.25, 0.3) is 5.91 Å². The average Bonchev–Trinajstić information content (AvgIpc) is 3.20. The summed E-state index contributed by atoms with van der Waals surface area (Å²) in [7, 11) is 0. The van der Waals surface area contributed by atoms with Gasteiger partial charge in [-0.25, -0.2) is 9.18 Å². The van der Waals surface area contributed by atoms with Crippen LogP contribution in [0.15, 0.2) is 54.6 Å². The fourth-order valence-electron chi connectivity index (χ4n) is 4.91. The number of likely N-dealkylation sites (tertiary alicyclic amines) is 1. The molecule has 0 unspecified atom stereocenters. The maximum atomic E-state index is 13.4. The number of nitrogens with one attached hydrogen (secondary N) is 2. The standard InChI is InChI=1S/C26H28FN3O2.C2HF3O2/c1-19(29-24(31)12-7-20-5-3-2-4-6-20)18-30-15-13-26(14-16-30)23(17-28-25(26)32)21-8-10-22(27)11-9-21;3-2(4,5)1(6)7/h2-6,8-11,19,23H,13-18H2,1H3,(H,28,32)(H,29,31);(H,6,7)/t19-,23-;/m0./s1. The van der Waals surface area contributed by atoms with E-state index in [4.69, 9.17) is 9.90 Å². The third kappa shape index (κ3) is 8.04. The van der Waals surface area contributed by atoms with E-state index in [2.05, 4.69) is 27.4 Å². The number of halogens is 4. The minimum absolute atomic E-state index is 0.0491. The van der Waals surface area contributed by atoms with Crippen molar-refractivity contribution in [3.8, 4) is 11.8 Å². The van der Waals surface area contributed by atoms with Crippen LogP contribution in [0.1, 0.15) is 36.8 Å². The number of alkyl halides is 3. The van der Waals surface area contributed by atoms with Gasteiger partial charge in [-0.1, -0.05) is 36.3 Å². The molecule has 0 aliphatic carbocycles. The average molecular weight is 548 g/mol. The Balaban J connectivity index is 0.000000532. The number of benzene rings is 2. The van der Waals surface area contributed by atoms with Crippen molar-refractivity contribution in [3.63, 3.8) is 0 Å². The molecule has 0 bridgehead atoms. The van der Waals surface area contributed by atoms with E-state index in [1.54, 1.807) is 12.1 Å². The third-order valence-corrected chi connectivity index (χ3v) is 6.85. The summed E-state index contributed by atoms with van der Waals surface area (Å²) in [6, 6.07) is 15.9. The second kappa shape index (κ2) is 12.8. The summed E-state index contributed by atoms with van der Waals surface area (Å²) in [5.74, 6) is 2.36. The number of aliphatic carboxylic acids is 1. The largest absolute Gasteiger partial charge is 0.490 e. The maximum absolute atomic E-state index is 13.4. The van der Waals surface area contributed by atoms with Crippen molar-refractivity contribution < 1.29 is 37.1 Å². The lowest BCUT2D eigenvalue weighted by Gasteiger charge is -2.41. The fourth-order valence-corrected chi connectivity index (χ4v) is 4.91. The first-order valence-corrected chi connectivity index (χ1v) is 12.3. The number of carbonyl (C=O) groups is 3. The summed E-state index contributed by atoms with van der Waals surface area (Å²) in [5.41, 5.74) is 1.38. The third-order valence-electron chi connectivity index (χ3n) is 6.85. The van der Waals surface area contributed by atoms with Crippen LogP contribution in [0.4, 0.5) is 17.6 Å². The highest BCUT2D eigenvalue weighted by Gasteiger charge is 2.51. The Morgan fingerprint density at radius 2 is 1.72 bits per heavy atom. The molecule has 2 aromatic carbocycles. The molecule has 2 saturated heterocycles. The number of carboxylic acids is 1. The van der Waals surface area contributed by atoms with Gasteiger partial charge in [-0.15, -0.1) is 0 Å². The van der Waals surface area contributed by atoms with Gasteiger partial charge in [0.15, 0.2) is 0 Å². The van der Waals surface area contributed by atoms with E-state index in [9.17, 15) is 27.2 Å².